The lowest BCUT2D eigenvalue weighted by Gasteiger charge is -2.31. The second kappa shape index (κ2) is 10.1. The minimum absolute atomic E-state index is 0.232. The molecule has 0 aromatic heterocycles. The molecular formula is C18H27ClN4O2. The quantitative estimate of drug-likeness (QED) is 0.461. The second-order valence-corrected chi connectivity index (χ2v) is 6.54. The Morgan fingerprint density at radius 1 is 1.36 bits per heavy atom. The molecule has 0 unspecified atom stereocenters. The Balaban J connectivity index is 1.64. The maximum atomic E-state index is 11.7. The van der Waals surface area contributed by atoms with E-state index in [1.54, 1.807) is 4.90 Å². The van der Waals surface area contributed by atoms with Gasteiger partial charge in [0, 0.05) is 30.7 Å². The van der Waals surface area contributed by atoms with Crippen LogP contribution in [0.1, 0.15) is 31.7 Å². The van der Waals surface area contributed by atoms with Gasteiger partial charge >= 0.3 is 6.09 Å². The molecule has 3 N–H and O–H groups in total. The van der Waals surface area contributed by atoms with E-state index in [-0.39, 0.29) is 12.1 Å². The summed E-state index contributed by atoms with van der Waals surface area (Å²) >= 11 is 5.87. The molecule has 25 heavy (non-hydrogen) atoms. The number of guanidine groups is 1. The van der Waals surface area contributed by atoms with Crippen molar-refractivity contribution < 1.29 is 9.53 Å². The van der Waals surface area contributed by atoms with E-state index < -0.39 is 0 Å². The Morgan fingerprint density at radius 2 is 2.04 bits per heavy atom. The molecule has 6 nitrogen and oxygen atoms in total. The zero-order chi connectivity index (χ0) is 18.1. The molecule has 1 aliphatic rings. The first-order chi connectivity index (χ1) is 12.1. The summed E-state index contributed by atoms with van der Waals surface area (Å²) in [5.74, 6) is 0.477. The second-order valence-electron chi connectivity index (χ2n) is 6.10. The van der Waals surface area contributed by atoms with Crippen LogP contribution in [0.3, 0.4) is 0 Å². The van der Waals surface area contributed by atoms with Crippen molar-refractivity contribution >= 4 is 23.7 Å². The van der Waals surface area contributed by atoms with Gasteiger partial charge in [0.1, 0.15) is 0 Å². The van der Waals surface area contributed by atoms with E-state index in [1.807, 2.05) is 31.2 Å². The molecule has 1 fully saturated rings. The molecule has 0 radical (unpaired) electrons. The van der Waals surface area contributed by atoms with E-state index in [0.29, 0.717) is 32.2 Å². The van der Waals surface area contributed by atoms with Crippen LogP contribution < -0.4 is 11.1 Å². The van der Waals surface area contributed by atoms with Crippen molar-refractivity contribution in [3.05, 3.63) is 34.9 Å². The van der Waals surface area contributed by atoms with Crippen molar-refractivity contribution in [3.63, 3.8) is 0 Å². The van der Waals surface area contributed by atoms with Gasteiger partial charge in [0.05, 0.1) is 6.61 Å². The van der Waals surface area contributed by atoms with Crippen LogP contribution in [-0.2, 0) is 11.2 Å². The molecule has 1 aromatic carbocycles. The number of halogens is 1. The number of aliphatic imine (C=N–C) groups is 1. The number of benzene rings is 1. The van der Waals surface area contributed by atoms with Gasteiger partial charge in [-0.05, 0) is 50.3 Å². The lowest BCUT2D eigenvalue weighted by molar-refractivity contribution is 0.0963. The van der Waals surface area contributed by atoms with Crippen LogP contribution in [-0.4, -0.2) is 49.2 Å². The fraction of sp³-hybridized carbons (Fsp3) is 0.556. The van der Waals surface area contributed by atoms with Gasteiger partial charge in [0.2, 0.25) is 0 Å². The highest BCUT2D eigenvalue weighted by atomic mass is 35.5. The van der Waals surface area contributed by atoms with E-state index in [0.717, 1.165) is 30.7 Å². The van der Waals surface area contributed by atoms with Crippen LogP contribution in [0.15, 0.2) is 29.3 Å². The molecule has 1 amide bonds. The lowest BCUT2D eigenvalue weighted by Crippen LogP contribution is -2.48. The highest BCUT2D eigenvalue weighted by molar-refractivity contribution is 6.30. The predicted octanol–water partition coefficient (Wildman–Crippen LogP) is 2.80. The largest absolute Gasteiger partial charge is 0.450 e. The molecule has 0 saturated carbocycles. The summed E-state index contributed by atoms with van der Waals surface area (Å²) in [5, 5.41) is 4.00. The van der Waals surface area contributed by atoms with Gasteiger partial charge < -0.3 is 20.7 Å². The summed E-state index contributed by atoms with van der Waals surface area (Å²) in [6, 6.07) is 8.12. The molecule has 2 rings (SSSR count). The Hall–Kier alpha value is -1.95. The number of ether oxygens (including phenoxy) is 1. The van der Waals surface area contributed by atoms with E-state index in [4.69, 9.17) is 22.1 Å². The number of piperidine rings is 1. The summed E-state index contributed by atoms with van der Waals surface area (Å²) in [6.45, 7) is 4.27. The summed E-state index contributed by atoms with van der Waals surface area (Å²) in [7, 11) is 0. The van der Waals surface area contributed by atoms with Crippen LogP contribution in [0.25, 0.3) is 0 Å². The number of nitrogens with two attached hydrogens (primary N) is 1. The van der Waals surface area contributed by atoms with Gasteiger partial charge in [-0.2, -0.15) is 0 Å². The first kappa shape index (κ1) is 19.4. The lowest BCUT2D eigenvalue weighted by atomic mass is 10.1. The van der Waals surface area contributed by atoms with Gasteiger partial charge in [-0.1, -0.05) is 23.7 Å². The Kier molecular flexibility index (Phi) is 7.85. The third-order valence-corrected chi connectivity index (χ3v) is 4.44. The summed E-state index contributed by atoms with van der Waals surface area (Å²) in [4.78, 5) is 17.8. The number of carbonyl (C=O) groups is 1. The standard InChI is InChI=1S/C18H27ClN4O2/c1-2-25-18(24)23-12-9-16(10-13-23)22-17(20)21-11-3-4-14-5-7-15(19)8-6-14/h5-8,16H,2-4,9-13H2,1H3,(H3,20,21,22). The van der Waals surface area contributed by atoms with Crippen LogP contribution in [0.4, 0.5) is 4.79 Å². The number of hydrogen-bond acceptors (Lipinski definition) is 3. The van der Waals surface area contributed by atoms with Crippen LogP contribution in [0.5, 0.6) is 0 Å². The predicted molar refractivity (Wildman–Crippen MR) is 101 cm³/mol. The van der Waals surface area contributed by atoms with Crippen molar-refractivity contribution in [1.82, 2.24) is 10.2 Å². The highest BCUT2D eigenvalue weighted by Crippen LogP contribution is 2.12. The molecule has 7 heteroatoms. The van der Waals surface area contributed by atoms with E-state index in [1.165, 1.54) is 5.56 Å². The molecule has 1 aliphatic heterocycles. The maximum absolute atomic E-state index is 11.7. The van der Waals surface area contributed by atoms with Crippen LogP contribution >= 0.6 is 11.6 Å². The number of likely N-dealkylation sites (tertiary alicyclic amines) is 1. The molecular weight excluding hydrogens is 340 g/mol. The topological polar surface area (TPSA) is 80.0 Å². The van der Waals surface area contributed by atoms with Crippen molar-refractivity contribution in [2.75, 3.05) is 26.2 Å². The minimum atomic E-state index is -0.232. The van der Waals surface area contributed by atoms with E-state index in [2.05, 4.69) is 10.3 Å². The molecule has 0 atom stereocenters. The van der Waals surface area contributed by atoms with Crippen molar-refractivity contribution in [3.8, 4) is 0 Å². The van der Waals surface area contributed by atoms with Crippen LogP contribution in [0, 0.1) is 0 Å². The fourth-order valence-corrected chi connectivity index (χ4v) is 2.94. The van der Waals surface area contributed by atoms with Gasteiger partial charge in [0.15, 0.2) is 5.96 Å². The first-order valence-electron chi connectivity index (χ1n) is 8.81. The zero-order valence-electron chi connectivity index (χ0n) is 14.7. The molecule has 138 valence electrons. The average molecular weight is 367 g/mol. The first-order valence-corrected chi connectivity index (χ1v) is 9.19. The Morgan fingerprint density at radius 3 is 2.68 bits per heavy atom. The summed E-state index contributed by atoms with van der Waals surface area (Å²) in [6.07, 6.45) is 3.35. The smallest absolute Gasteiger partial charge is 0.409 e. The minimum Gasteiger partial charge on any atom is -0.450 e. The maximum Gasteiger partial charge on any atom is 0.409 e. The summed E-state index contributed by atoms with van der Waals surface area (Å²) < 4.78 is 5.02. The fourth-order valence-electron chi connectivity index (χ4n) is 2.81. The average Bonchev–Trinajstić information content (AvgIpc) is 2.61. The third-order valence-electron chi connectivity index (χ3n) is 4.19. The van der Waals surface area contributed by atoms with Gasteiger partial charge in [0.25, 0.3) is 0 Å². The molecule has 1 heterocycles. The molecule has 1 saturated heterocycles. The SMILES string of the molecule is CCOC(=O)N1CCC(NC(N)=NCCCc2ccc(Cl)cc2)CC1. The number of hydrogen-bond donors (Lipinski definition) is 2. The normalized spacial score (nSPS) is 15.9. The monoisotopic (exact) mass is 366 g/mol. The summed E-state index contributed by atoms with van der Waals surface area (Å²) in [5.41, 5.74) is 7.21. The highest BCUT2D eigenvalue weighted by Gasteiger charge is 2.23. The number of rotatable bonds is 6. The number of nitrogens with one attached hydrogen (secondary N) is 1. The number of nitrogens with zero attached hydrogens (tertiary/aromatic N) is 2. The Bertz CT molecular complexity index is 569. The molecule has 1 aromatic rings. The van der Waals surface area contributed by atoms with Gasteiger partial charge in [-0.3, -0.25) is 4.99 Å². The van der Waals surface area contributed by atoms with E-state index in [9.17, 15) is 4.79 Å². The Labute approximate surface area is 154 Å². The van der Waals surface area contributed by atoms with Crippen molar-refractivity contribution in [2.24, 2.45) is 10.7 Å². The third kappa shape index (κ3) is 6.82. The van der Waals surface area contributed by atoms with Crippen LogP contribution in [0.2, 0.25) is 5.02 Å². The van der Waals surface area contributed by atoms with E-state index >= 15 is 0 Å². The number of aryl methyl sites for hydroxylation is 1. The number of carbonyl (C=O) groups excluding carboxylic acids is 1. The molecule has 0 aliphatic carbocycles. The van der Waals surface area contributed by atoms with Gasteiger partial charge in [-0.15, -0.1) is 0 Å². The van der Waals surface area contributed by atoms with Crippen molar-refractivity contribution in [2.45, 2.75) is 38.6 Å². The number of amides is 1. The zero-order valence-corrected chi connectivity index (χ0v) is 15.5. The van der Waals surface area contributed by atoms with Gasteiger partial charge in [-0.25, -0.2) is 4.79 Å². The van der Waals surface area contributed by atoms with Crippen molar-refractivity contribution in [1.29, 1.82) is 0 Å². The molecule has 0 spiro atoms. The molecule has 0 bridgehead atoms.